The van der Waals surface area contributed by atoms with Gasteiger partial charge in [0.2, 0.25) is 0 Å². The highest BCUT2D eigenvalue weighted by Crippen LogP contribution is 2.32. The Morgan fingerprint density at radius 3 is 2.94 bits per heavy atom. The highest BCUT2D eigenvalue weighted by molar-refractivity contribution is 9.10. The van der Waals surface area contributed by atoms with E-state index in [1.807, 2.05) is 0 Å². The van der Waals surface area contributed by atoms with E-state index >= 15 is 0 Å². The Morgan fingerprint density at radius 2 is 2.39 bits per heavy atom. The quantitative estimate of drug-likeness (QED) is 0.675. The number of aromatic nitrogens is 1. The molecule has 7 nitrogen and oxygen atoms in total. The predicted molar refractivity (Wildman–Crippen MR) is 66.6 cm³/mol. The molecule has 0 spiro atoms. The minimum atomic E-state index is -0.903. The number of hydrogen-bond acceptors (Lipinski definition) is 5. The fraction of sp³-hybridized carbons (Fsp3) is 0.400. The number of hydrogen-bond donors (Lipinski definition) is 1. The van der Waals surface area contributed by atoms with Crippen molar-refractivity contribution in [2.75, 3.05) is 11.4 Å². The van der Waals surface area contributed by atoms with Crippen molar-refractivity contribution in [3.63, 3.8) is 0 Å². The van der Waals surface area contributed by atoms with Crippen LogP contribution in [0.3, 0.4) is 0 Å². The summed E-state index contributed by atoms with van der Waals surface area (Å²) in [7, 11) is 0. The first-order chi connectivity index (χ1) is 8.50. The van der Waals surface area contributed by atoms with Gasteiger partial charge in [0.1, 0.15) is 18.1 Å². The zero-order valence-electron chi connectivity index (χ0n) is 9.24. The van der Waals surface area contributed by atoms with Crippen LogP contribution in [0.5, 0.6) is 0 Å². The number of halogens is 1. The summed E-state index contributed by atoms with van der Waals surface area (Å²) in [6, 6.07) is 0.717. The van der Waals surface area contributed by atoms with Crippen molar-refractivity contribution in [1.29, 1.82) is 0 Å². The van der Waals surface area contributed by atoms with Crippen LogP contribution in [-0.2, 0) is 4.79 Å². The number of pyridine rings is 1. The molecule has 18 heavy (non-hydrogen) atoms. The molecule has 0 saturated carbocycles. The van der Waals surface area contributed by atoms with Crippen LogP contribution in [0.1, 0.15) is 12.8 Å². The highest BCUT2D eigenvalue weighted by Gasteiger charge is 2.32. The maximum atomic E-state index is 11.1. The van der Waals surface area contributed by atoms with Crippen LogP contribution in [0.2, 0.25) is 0 Å². The van der Waals surface area contributed by atoms with Gasteiger partial charge >= 0.3 is 5.97 Å². The highest BCUT2D eigenvalue weighted by atomic mass is 79.9. The fourth-order valence-electron chi connectivity index (χ4n) is 2.01. The maximum absolute atomic E-state index is 11.1. The molecule has 8 heteroatoms. The van der Waals surface area contributed by atoms with Gasteiger partial charge in [-0.15, -0.1) is 0 Å². The second-order valence-electron chi connectivity index (χ2n) is 3.95. The number of nitrogens with zero attached hydrogens (tertiary/aromatic N) is 3. The molecule has 1 fully saturated rings. The molecule has 96 valence electrons. The van der Waals surface area contributed by atoms with Crippen molar-refractivity contribution in [3.8, 4) is 0 Å². The van der Waals surface area contributed by atoms with Gasteiger partial charge in [-0.2, -0.15) is 0 Å². The lowest BCUT2D eigenvalue weighted by atomic mass is 10.2. The van der Waals surface area contributed by atoms with E-state index in [-0.39, 0.29) is 5.69 Å². The number of nitro groups is 1. The van der Waals surface area contributed by atoms with E-state index in [0.29, 0.717) is 23.3 Å². The molecule has 1 saturated heterocycles. The van der Waals surface area contributed by atoms with Crippen LogP contribution in [0.15, 0.2) is 16.7 Å². The molecule has 2 rings (SSSR count). The molecule has 1 aromatic rings. The molecule has 1 aliphatic rings. The Balaban J connectivity index is 2.33. The second kappa shape index (κ2) is 4.89. The van der Waals surface area contributed by atoms with E-state index < -0.39 is 16.9 Å². The summed E-state index contributed by atoms with van der Waals surface area (Å²) in [6.45, 7) is 0.584. The SMILES string of the molecule is O=C(O)[C@H]1CCCN1c1ncc([N+](=O)[O-])cc1Br. The van der Waals surface area contributed by atoms with Crippen molar-refractivity contribution < 1.29 is 14.8 Å². The van der Waals surface area contributed by atoms with Crippen LogP contribution >= 0.6 is 15.9 Å². The number of carbonyl (C=O) groups is 1. The smallest absolute Gasteiger partial charge is 0.326 e. The van der Waals surface area contributed by atoms with Gasteiger partial charge in [0.05, 0.1) is 9.40 Å². The van der Waals surface area contributed by atoms with Crippen LogP contribution in [0, 0.1) is 10.1 Å². The molecule has 0 aliphatic carbocycles. The van der Waals surface area contributed by atoms with E-state index in [9.17, 15) is 14.9 Å². The van der Waals surface area contributed by atoms with Crippen LogP contribution < -0.4 is 4.90 Å². The molecule has 1 atom stereocenters. The van der Waals surface area contributed by atoms with E-state index in [0.717, 1.165) is 12.6 Å². The summed E-state index contributed by atoms with van der Waals surface area (Å²) in [5.41, 5.74) is -0.128. The lowest BCUT2D eigenvalue weighted by molar-refractivity contribution is -0.385. The van der Waals surface area contributed by atoms with Gasteiger partial charge in [-0.05, 0) is 28.8 Å². The van der Waals surface area contributed by atoms with Gasteiger partial charge in [0, 0.05) is 12.6 Å². The Kier molecular flexibility index (Phi) is 3.46. The molecule has 1 aliphatic heterocycles. The summed E-state index contributed by atoms with van der Waals surface area (Å²) >= 11 is 3.20. The topological polar surface area (TPSA) is 96.6 Å². The van der Waals surface area contributed by atoms with E-state index in [1.165, 1.54) is 6.07 Å². The minimum absolute atomic E-state index is 0.128. The van der Waals surface area contributed by atoms with E-state index in [2.05, 4.69) is 20.9 Å². The van der Waals surface area contributed by atoms with E-state index in [4.69, 9.17) is 5.11 Å². The van der Waals surface area contributed by atoms with Gasteiger partial charge in [0.15, 0.2) is 0 Å². The fourth-order valence-corrected chi connectivity index (χ4v) is 2.57. The number of carboxylic acids is 1. The largest absolute Gasteiger partial charge is 0.480 e. The summed E-state index contributed by atoms with van der Waals surface area (Å²) < 4.78 is 0.435. The van der Waals surface area contributed by atoms with Crippen molar-refractivity contribution in [1.82, 2.24) is 4.98 Å². The lowest BCUT2D eigenvalue weighted by Crippen LogP contribution is -2.36. The molecular weight excluding hydrogens is 306 g/mol. The predicted octanol–water partition coefficient (Wildman–Crippen LogP) is 1.81. The average Bonchev–Trinajstić information content (AvgIpc) is 2.77. The third-order valence-corrected chi connectivity index (χ3v) is 3.41. The van der Waals surface area contributed by atoms with Crippen molar-refractivity contribution in [2.24, 2.45) is 0 Å². The van der Waals surface area contributed by atoms with Crippen LogP contribution in [0.4, 0.5) is 11.5 Å². The molecule has 0 radical (unpaired) electrons. The molecule has 0 amide bonds. The first-order valence-electron chi connectivity index (χ1n) is 5.30. The van der Waals surface area contributed by atoms with Crippen molar-refractivity contribution in [3.05, 3.63) is 26.9 Å². The van der Waals surface area contributed by atoms with Gasteiger partial charge in [-0.3, -0.25) is 10.1 Å². The second-order valence-corrected chi connectivity index (χ2v) is 4.80. The van der Waals surface area contributed by atoms with Crippen molar-refractivity contribution in [2.45, 2.75) is 18.9 Å². The van der Waals surface area contributed by atoms with E-state index in [1.54, 1.807) is 4.90 Å². The number of rotatable bonds is 3. The van der Waals surface area contributed by atoms with Crippen molar-refractivity contribution >= 4 is 33.4 Å². The Labute approximate surface area is 111 Å². The monoisotopic (exact) mass is 315 g/mol. The molecule has 0 unspecified atom stereocenters. The lowest BCUT2D eigenvalue weighted by Gasteiger charge is -2.23. The molecule has 0 bridgehead atoms. The summed E-state index contributed by atoms with van der Waals surface area (Å²) in [4.78, 5) is 26.8. The molecule has 0 aromatic carbocycles. The average molecular weight is 316 g/mol. The normalized spacial score (nSPS) is 18.9. The van der Waals surface area contributed by atoms with Crippen LogP contribution in [0.25, 0.3) is 0 Å². The number of anilines is 1. The number of aliphatic carboxylic acids is 1. The Morgan fingerprint density at radius 1 is 1.67 bits per heavy atom. The standard InChI is InChI=1S/C10H10BrN3O4/c11-7-4-6(14(17)18)5-12-9(7)13-3-1-2-8(13)10(15)16/h4-5,8H,1-3H2,(H,15,16)/t8-/m1/s1. The third-order valence-electron chi connectivity index (χ3n) is 2.83. The summed E-state index contributed by atoms with van der Waals surface area (Å²) in [5, 5.41) is 19.7. The molecule has 1 N–H and O–H groups in total. The Bertz CT molecular complexity index is 508. The molecular formula is C10H10BrN3O4. The van der Waals surface area contributed by atoms with Gasteiger partial charge in [0.25, 0.3) is 5.69 Å². The third kappa shape index (κ3) is 2.28. The maximum Gasteiger partial charge on any atom is 0.326 e. The van der Waals surface area contributed by atoms with Gasteiger partial charge in [-0.1, -0.05) is 0 Å². The molecule has 1 aromatic heterocycles. The molecule has 2 heterocycles. The number of carboxylic acid groups (broad SMARTS) is 1. The first-order valence-corrected chi connectivity index (χ1v) is 6.09. The van der Waals surface area contributed by atoms with Crippen LogP contribution in [-0.4, -0.2) is 33.6 Å². The summed E-state index contributed by atoms with van der Waals surface area (Å²) in [6.07, 6.45) is 2.46. The zero-order chi connectivity index (χ0) is 13.3. The summed E-state index contributed by atoms with van der Waals surface area (Å²) in [5.74, 6) is -0.468. The Hall–Kier alpha value is -1.70. The van der Waals surface area contributed by atoms with Gasteiger partial charge in [-0.25, -0.2) is 9.78 Å². The van der Waals surface area contributed by atoms with Gasteiger partial charge < -0.3 is 10.0 Å². The first kappa shape index (κ1) is 12.7. The zero-order valence-corrected chi connectivity index (χ0v) is 10.8. The minimum Gasteiger partial charge on any atom is -0.480 e.